The third-order valence-electron chi connectivity index (χ3n) is 10.7. The zero-order valence-electron chi connectivity index (χ0n) is 31.7. The lowest BCUT2D eigenvalue weighted by molar-refractivity contribution is -0.247. The van der Waals surface area contributed by atoms with Gasteiger partial charge >= 0.3 is 0 Å². The number of aromatic hydroxyl groups is 2. The molecule has 314 valence electrons. The van der Waals surface area contributed by atoms with Crippen molar-refractivity contribution >= 4 is 69.4 Å². The Balaban J connectivity index is 1.27. The van der Waals surface area contributed by atoms with E-state index in [1.165, 1.54) is 67.8 Å². The van der Waals surface area contributed by atoms with E-state index in [9.17, 15) is 44.3 Å². The second kappa shape index (κ2) is 17.0. The number of hydrogen-bond acceptors (Lipinski definition) is 13. The summed E-state index contributed by atoms with van der Waals surface area (Å²) in [5, 5.41) is 68.3. The maximum absolute atomic E-state index is 14.1. The number of carbonyl (C=O) groups is 3. The molecule has 3 aliphatic rings. The second-order valence-corrected chi connectivity index (χ2v) is 15.6. The summed E-state index contributed by atoms with van der Waals surface area (Å²) in [5.41, 5.74) is -1.57. The van der Waals surface area contributed by atoms with Crippen molar-refractivity contribution in [3.63, 3.8) is 0 Å². The highest BCUT2D eigenvalue weighted by atomic mass is 35.5. The van der Waals surface area contributed by atoms with Crippen molar-refractivity contribution in [1.82, 2.24) is 10.7 Å². The Morgan fingerprint density at radius 3 is 2.43 bits per heavy atom. The molecule has 2 aliphatic carbocycles. The van der Waals surface area contributed by atoms with Crippen LogP contribution in [0.1, 0.15) is 79.2 Å². The number of fused-ring (bicyclic) bond motifs is 3. The number of hydrogen-bond donors (Lipinski definition) is 8. The first-order valence-corrected chi connectivity index (χ1v) is 19.6. The number of halogens is 3. The van der Waals surface area contributed by atoms with Crippen molar-refractivity contribution in [3.05, 3.63) is 115 Å². The first kappa shape index (κ1) is 42.9. The molecular weight excluding hydrogens is 846 g/mol. The van der Waals surface area contributed by atoms with Crippen molar-refractivity contribution in [2.24, 2.45) is 5.10 Å². The van der Waals surface area contributed by atoms with Crippen LogP contribution in [-0.4, -0.2) is 97.7 Å². The highest BCUT2D eigenvalue weighted by Crippen LogP contribution is 2.52. The Morgan fingerprint density at radius 1 is 1.03 bits per heavy atom. The summed E-state index contributed by atoms with van der Waals surface area (Å²) in [6.07, 6.45) is -5.94. The zero-order valence-corrected chi connectivity index (χ0v) is 34.0. The summed E-state index contributed by atoms with van der Waals surface area (Å²) >= 11 is 17.5. The minimum absolute atomic E-state index is 0.0446. The number of amides is 1. The largest absolute Gasteiger partial charge is 0.507 e. The predicted octanol–water partition coefficient (Wildman–Crippen LogP) is 4.69. The fourth-order valence-electron chi connectivity index (χ4n) is 7.69. The first-order chi connectivity index (χ1) is 28.5. The van der Waals surface area contributed by atoms with Crippen LogP contribution in [-0.2, 0) is 15.9 Å². The lowest BCUT2D eigenvalue weighted by Gasteiger charge is -2.43. The van der Waals surface area contributed by atoms with Gasteiger partial charge in [-0.3, -0.25) is 14.4 Å². The maximum Gasteiger partial charge on any atom is 0.271 e. The average Bonchev–Trinajstić information content (AvgIpc) is 3.21. The summed E-state index contributed by atoms with van der Waals surface area (Å²) < 4.78 is 31.3. The fraction of sp³-hybridized carbons (Fsp3) is 0.293. The topological polar surface area (TPSA) is 228 Å². The third kappa shape index (κ3) is 8.02. The quantitative estimate of drug-likeness (QED) is 0.0435. The minimum Gasteiger partial charge on any atom is -0.507 e. The number of phenols is 2. The van der Waals surface area contributed by atoms with E-state index in [0.717, 1.165) is 0 Å². The molecule has 0 spiro atoms. The Labute approximate surface area is 356 Å². The molecule has 0 bridgehead atoms. The van der Waals surface area contributed by atoms with Gasteiger partial charge in [0.1, 0.15) is 34.8 Å². The van der Waals surface area contributed by atoms with Gasteiger partial charge in [-0.15, -0.1) is 0 Å². The zero-order chi connectivity index (χ0) is 43.2. The number of rotatable bonds is 9. The number of methoxy groups -OCH3 is 1. The van der Waals surface area contributed by atoms with Gasteiger partial charge in [0.15, 0.2) is 17.2 Å². The van der Waals surface area contributed by atoms with E-state index < -0.39 is 107 Å². The monoisotopic (exact) mass is 882 g/mol. The number of thiocarbonyl (C=S) groups is 1. The third-order valence-corrected chi connectivity index (χ3v) is 11.6. The van der Waals surface area contributed by atoms with Crippen LogP contribution in [0, 0.1) is 5.82 Å². The highest BCUT2D eigenvalue weighted by molar-refractivity contribution is 7.80. The average molecular weight is 884 g/mol. The van der Waals surface area contributed by atoms with Gasteiger partial charge < -0.3 is 50.4 Å². The number of hydrazone groups is 1. The molecule has 4 aromatic rings. The molecule has 1 amide bonds. The Bertz CT molecular complexity index is 2460. The van der Waals surface area contributed by atoms with Gasteiger partial charge in [0.05, 0.1) is 64.4 Å². The van der Waals surface area contributed by atoms with E-state index in [1.54, 1.807) is 6.92 Å². The number of aliphatic hydroxyl groups is 3. The number of nitrogens with one attached hydrogen (secondary N) is 3. The van der Waals surface area contributed by atoms with Crippen LogP contribution in [0.5, 0.6) is 17.2 Å². The van der Waals surface area contributed by atoms with Crippen molar-refractivity contribution in [3.8, 4) is 17.2 Å². The van der Waals surface area contributed by atoms with E-state index in [0.29, 0.717) is 5.69 Å². The summed E-state index contributed by atoms with van der Waals surface area (Å²) in [4.78, 5) is 41.2. The molecule has 7 rings (SSSR count). The molecule has 15 nitrogen and oxygen atoms in total. The van der Waals surface area contributed by atoms with Gasteiger partial charge in [0.25, 0.3) is 5.91 Å². The number of ether oxygens (including phenoxy) is 3. The number of benzene rings is 4. The molecule has 0 saturated carbocycles. The summed E-state index contributed by atoms with van der Waals surface area (Å²) in [7, 11) is 1.31. The number of anilines is 1. The van der Waals surface area contributed by atoms with Gasteiger partial charge in [-0.05, 0) is 67.7 Å². The van der Waals surface area contributed by atoms with E-state index in [-0.39, 0.29) is 55.1 Å². The lowest BCUT2D eigenvalue weighted by Crippen LogP contribution is -2.56. The van der Waals surface area contributed by atoms with Crippen LogP contribution >= 0.6 is 35.4 Å². The molecule has 19 heteroatoms. The lowest BCUT2D eigenvalue weighted by atomic mass is 9.71. The van der Waals surface area contributed by atoms with Gasteiger partial charge in [-0.1, -0.05) is 35.3 Å². The van der Waals surface area contributed by atoms with Crippen LogP contribution in [0.3, 0.4) is 0 Å². The maximum atomic E-state index is 14.1. The molecular formula is C41H37Cl2FN4O11S. The standard InChI is InChI=1S/C41H37Cl2FN4O11S/c1-17-34(50)25(46-40(60)45-20-9-7-19(44)8-10-20)13-29(58-17)59-27-15-41(56,28(16-49)47-48-39(55)18-6-11-23(42)24(43)12-18)14-22-31(27)38(54)33-32(36(22)52)35(51)21-4-3-5-26(57-2)30(21)37(33)53/h3-12,17,25,27,29,34,49-50,52,54,56H,13-16H2,1-2H3,(H,48,55)(H2,45,46,60)/b47-28+/t17-,25-,27-,29+,34+,41+/m1/s1. The molecule has 0 aromatic heterocycles. The van der Waals surface area contributed by atoms with Gasteiger partial charge in [-0.2, -0.15) is 5.10 Å². The van der Waals surface area contributed by atoms with Crippen LogP contribution < -0.4 is 20.8 Å². The Hall–Kier alpha value is -5.24. The van der Waals surface area contributed by atoms with Crippen LogP contribution in [0.4, 0.5) is 10.1 Å². The SMILES string of the molecule is COc1cccc2c1C(=O)c1c(O)c3c(c(O)c1C2=O)C[C@@](O)(/C(CO)=N/NC(=O)c1ccc(Cl)c(Cl)c1)C[C@H]3O[C@H]1C[C@@H](NC(=S)Nc2ccc(F)cc2)[C@@H](O)[C@@H](C)O1. The van der Waals surface area contributed by atoms with Crippen LogP contribution in [0.25, 0.3) is 0 Å². The van der Waals surface area contributed by atoms with Crippen LogP contribution in [0.15, 0.2) is 65.8 Å². The van der Waals surface area contributed by atoms with Crippen molar-refractivity contribution in [2.45, 2.75) is 62.4 Å². The molecule has 1 fully saturated rings. The molecule has 0 radical (unpaired) electrons. The normalized spacial score (nSPS) is 23.5. The number of ketones is 2. The molecule has 8 N–H and O–H groups in total. The molecule has 4 aromatic carbocycles. The molecule has 60 heavy (non-hydrogen) atoms. The first-order valence-electron chi connectivity index (χ1n) is 18.4. The van der Waals surface area contributed by atoms with E-state index in [1.807, 2.05) is 0 Å². The summed E-state index contributed by atoms with van der Waals surface area (Å²) in [5.74, 6) is -4.30. The molecule has 1 saturated heterocycles. The van der Waals surface area contributed by atoms with Crippen molar-refractivity contribution < 1.29 is 58.5 Å². The predicted molar refractivity (Wildman–Crippen MR) is 220 cm³/mol. The number of nitrogens with zero attached hydrogens (tertiary/aromatic N) is 1. The number of phenolic OH excluding ortho intramolecular Hbond substituents is 2. The minimum atomic E-state index is -2.25. The van der Waals surface area contributed by atoms with Crippen molar-refractivity contribution in [2.75, 3.05) is 19.0 Å². The molecule has 6 atom stereocenters. The highest BCUT2D eigenvalue weighted by Gasteiger charge is 2.50. The summed E-state index contributed by atoms with van der Waals surface area (Å²) in [6, 6.07) is 13.0. The summed E-state index contributed by atoms with van der Waals surface area (Å²) in [6.45, 7) is 0.633. The molecule has 1 heterocycles. The van der Waals surface area contributed by atoms with Gasteiger partial charge in [0, 0.05) is 47.2 Å². The number of aliphatic hydroxyl groups excluding tert-OH is 2. The molecule has 0 unspecified atom stereocenters. The van der Waals surface area contributed by atoms with Crippen molar-refractivity contribution in [1.29, 1.82) is 0 Å². The molecule has 1 aliphatic heterocycles. The Morgan fingerprint density at radius 2 is 1.75 bits per heavy atom. The van der Waals surface area contributed by atoms with E-state index in [4.69, 9.17) is 49.6 Å². The van der Waals surface area contributed by atoms with Crippen LogP contribution in [0.2, 0.25) is 10.0 Å². The van der Waals surface area contributed by atoms with Gasteiger partial charge in [0.2, 0.25) is 5.78 Å². The van der Waals surface area contributed by atoms with E-state index >= 15 is 0 Å². The smallest absolute Gasteiger partial charge is 0.271 e. The van der Waals surface area contributed by atoms with Gasteiger partial charge in [-0.25, -0.2) is 9.82 Å². The number of carbonyl (C=O) groups excluding carboxylic acids is 3. The fourth-order valence-corrected chi connectivity index (χ4v) is 8.26. The second-order valence-electron chi connectivity index (χ2n) is 14.4. The Kier molecular flexibility index (Phi) is 12.2. The van der Waals surface area contributed by atoms with E-state index in [2.05, 4.69) is 21.2 Å².